The molecule has 0 aliphatic carbocycles. The average Bonchev–Trinajstić information content (AvgIpc) is 2.77. The van der Waals surface area contributed by atoms with Gasteiger partial charge in [-0.3, -0.25) is 19.4 Å². The number of fused-ring (bicyclic) bond motifs is 1. The number of hydrogen-bond acceptors (Lipinski definition) is 3. The van der Waals surface area contributed by atoms with Gasteiger partial charge in [-0.2, -0.15) is 0 Å². The highest BCUT2D eigenvalue weighted by atomic mass is 16.1. The molecule has 2 N–H and O–H groups in total. The molecule has 2 aromatic heterocycles. The number of aryl methyl sites for hydroxylation is 5. The fraction of sp³-hybridized carbons (Fsp3) is 0.316. The van der Waals surface area contributed by atoms with Crippen molar-refractivity contribution in [3.63, 3.8) is 0 Å². The topological polar surface area (TPSA) is 79.8 Å². The number of carbonyl (C=O) groups is 1. The molecule has 3 aromatic rings. The molecule has 0 aliphatic heterocycles. The van der Waals surface area contributed by atoms with E-state index in [1.807, 2.05) is 39.8 Å². The van der Waals surface area contributed by atoms with E-state index in [9.17, 15) is 9.59 Å². The molecule has 3 rings (SSSR count). The lowest BCUT2D eigenvalue weighted by molar-refractivity contribution is -0.115. The van der Waals surface area contributed by atoms with Gasteiger partial charge >= 0.3 is 0 Å². The number of carbonyl (C=O) groups excluding carboxylic acids is 1. The minimum Gasteiger partial charge on any atom is -0.326 e. The van der Waals surface area contributed by atoms with E-state index in [1.54, 1.807) is 7.05 Å². The number of benzene rings is 1. The Morgan fingerprint density at radius 1 is 1.16 bits per heavy atom. The Morgan fingerprint density at radius 3 is 2.44 bits per heavy atom. The zero-order valence-electron chi connectivity index (χ0n) is 15.2. The second-order valence-corrected chi connectivity index (χ2v) is 6.60. The molecule has 0 unspecified atom stereocenters. The first-order valence-corrected chi connectivity index (χ1v) is 8.19. The molecule has 6 heteroatoms. The first-order chi connectivity index (χ1) is 11.8. The number of aromatic amines is 1. The van der Waals surface area contributed by atoms with Crippen LogP contribution in [-0.2, 0) is 18.3 Å². The molecule has 1 amide bonds. The normalized spacial score (nSPS) is 11.1. The van der Waals surface area contributed by atoms with E-state index < -0.39 is 0 Å². The summed E-state index contributed by atoms with van der Waals surface area (Å²) in [6.45, 7) is 7.72. The third kappa shape index (κ3) is 3.20. The van der Waals surface area contributed by atoms with Gasteiger partial charge in [0.1, 0.15) is 0 Å². The Balaban J connectivity index is 1.93. The number of H-pyrrole nitrogens is 1. The molecule has 6 nitrogen and oxygen atoms in total. The maximum absolute atomic E-state index is 12.5. The van der Waals surface area contributed by atoms with Crippen molar-refractivity contribution in [1.29, 1.82) is 0 Å². The molecule has 0 fully saturated rings. The first kappa shape index (κ1) is 17.0. The predicted molar refractivity (Wildman–Crippen MR) is 99.1 cm³/mol. The lowest BCUT2D eigenvalue weighted by atomic mass is 10.0. The van der Waals surface area contributed by atoms with Gasteiger partial charge in [0.15, 0.2) is 5.65 Å². The predicted octanol–water partition coefficient (Wildman–Crippen LogP) is 2.68. The summed E-state index contributed by atoms with van der Waals surface area (Å²) in [7, 11) is 1.66. The van der Waals surface area contributed by atoms with Crippen LogP contribution in [0.5, 0.6) is 0 Å². The van der Waals surface area contributed by atoms with Gasteiger partial charge in [-0.05, 0) is 62.1 Å². The smallest absolute Gasteiger partial charge is 0.276 e. The summed E-state index contributed by atoms with van der Waals surface area (Å²) in [5.41, 5.74) is 5.76. The summed E-state index contributed by atoms with van der Waals surface area (Å²) >= 11 is 0. The van der Waals surface area contributed by atoms with E-state index in [2.05, 4.69) is 21.5 Å². The van der Waals surface area contributed by atoms with Crippen LogP contribution in [0.15, 0.2) is 23.0 Å². The van der Waals surface area contributed by atoms with Crippen LogP contribution in [0.25, 0.3) is 11.0 Å². The van der Waals surface area contributed by atoms with Gasteiger partial charge in [0.25, 0.3) is 5.56 Å². The molecule has 0 atom stereocenters. The van der Waals surface area contributed by atoms with E-state index in [0.717, 1.165) is 33.6 Å². The number of hydrogen-bond donors (Lipinski definition) is 2. The third-order valence-electron chi connectivity index (χ3n) is 4.42. The summed E-state index contributed by atoms with van der Waals surface area (Å²) in [5.74, 6) is -0.121. The van der Waals surface area contributed by atoms with Crippen molar-refractivity contribution in [2.45, 2.75) is 34.1 Å². The Hall–Kier alpha value is -2.89. The number of pyridine rings is 1. The van der Waals surface area contributed by atoms with Crippen molar-refractivity contribution >= 4 is 22.6 Å². The Labute approximate surface area is 145 Å². The molecular formula is C19H22N4O2. The summed E-state index contributed by atoms with van der Waals surface area (Å²) in [4.78, 5) is 29.2. The minimum absolute atomic E-state index is 0.121. The average molecular weight is 338 g/mol. The largest absolute Gasteiger partial charge is 0.326 e. The Morgan fingerprint density at radius 2 is 1.80 bits per heavy atom. The molecule has 0 bridgehead atoms. The van der Waals surface area contributed by atoms with Crippen molar-refractivity contribution in [2.24, 2.45) is 7.05 Å². The van der Waals surface area contributed by atoms with Crippen molar-refractivity contribution in [3.05, 3.63) is 56.5 Å². The Bertz CT molecular complexity index is 1020. The van der Waals surface area contributed by atoms with Gasteiger partial charge in [-0.15, -0.1) is 0 Å². The van der Waals surface area contributed by atoms with Gasteiger partial charge < -0.3 is 5.32 Å². The minimum atomic E-state index is -0.129. The van der Waals surface area contributed by atoms with Crippen molar-refractivity contribution in [2.75, 3.05) is 5.32 Å². The van der Waals surface area contributed by atoms with Crippen LogP contribution >= 0.6 is 0 Å². The highest BCUT2D eigenvalue weighted by Gasteiger charge is 2.17. The first-order valence-electron chi connectivity index (χ1n) is 8.19. The third-order valence-corrected chi connectivity index (χ3v) is 4.42. The van der Waals surface area contributed by atoms with E-state index in [0.29, 0.717) is 11.0 Å². The highest BCUT2D eigenvalue weighted by molar-refractivity contribution is 5.93. The van der Waals surface area contributed by atoms with Crippen LogP contribution in [-0.4, -0.2) is 20.7 Å². The van der Waals surface area contributed by atoms with Crippen LogP contribution in [0.4, 0.5) is 5.69 Å². The molecule has 0 spiro atoms. The second-order valence-electron chi connectivity index (χ2n) is 6.60. The maximum atomic E-state index is 12.5. The van der Waals surface area contributed by atoms with Crippen molar-refractivity contribution in [3.8, 4) is 0 Å². The van der Waals surface area contributed by atoms with Gasteiger partial charge in [0.05, 0.1) is 11.8 Å². The fourth-order valence-corrected chi connectivity index (χ4v) is 3.28. The fourth-order valence-electron chi connectivity index (χ4n) is 3.28. The monoisotopic (exact) mass is 338 g/mol. The summed E-state index contributed by atoms with van der Waals surface area (Å²) in [6, 6.07) is 5.94. The number of rotatable bonds is 3. The molecule has 2 heterocycles. The number of aromatic nitrogens is 3. The molecular weight excluding hydrogens is 316 g/mol. The molecule has 0 radical (unpaired) electrons. The van der Waals surface area contributed by atoms with Gasteiger partial charge in [-0.1, -0.05) is 6.07 Å². The molecule has 1 aromatic carbocycles. The highest BCUT2D eigenvalue weighted by Crippen LogP contribution is 2.20. The van der Waals surface area contributed by atoms with Gasteiger partial charge in [-0.25, -0.2) is 4.98 Å². The second kappa shape index (κ2) is 6.20. The van der Waals surface area contributed by atoms with Crippen LogP contribution in [0.3, 0.4) is 0 Å². The van der Waals surface area contributed by atoms with Gasteiger partial charge in [0.2, 0.25) is 5.91 Å². The SMILES string of the molecule is Cc1cc(C)cc(NC(=O)Cc2c(C)nc3[nH]n(C)c(=O)c3c2C)c1. The van der Waals surface area contributed by atoms with Gasteiger partial charge in [0, 0.05) is 18.4 Å². The zero-order chi connectivity index (χ0) is 18.3. The molecule has 130 valence electrons. The van der Waals surface area contributed by atoms with E-state index in [1.165, 1.54) is 4.68 Å². The summed E-state index contributed by atoms with van der Waals surface area (Å²) in [5, 5.41) is 6.41. The Kier molecular flexibility index (Phi) is 4.20. The lowest BCUT2D eigenvalue weighted by Crippen LogP contribution is -2.17. The number of nitrogens with zero attached hydrogens (tertiary/aromatic N) is 2. The van der Waals surface area contributed by atoms with Crippen LogP contribution in [0.1, 0.15) is 27.9 Å². The van der Waals surface area contributed by atoms with Crippen LogP contribution in [0, 0.1) is 27.7 Å². The summed E-state index contributed by atoms with van der Waals surface area (Å²) in [6.07, 6.45) is 0.182. The van der Waals surface area contributed by atoms with Crippen LogP contribution < -0.4 is 10.9 Å². The van der Waals surface area contributed by atoms with Crippen molar-refractivity contribution in [1.82, 2.24) is 14.8 Å². The maximum Gasteiger partial charge on any atom is 0.276 e. The van der Waals surface area contributed by atoms with E-state index in [-0.39, 0.29) is 17.9 Å². The van der Waals surface area contributed by atoms with E-state index >= 15 is 0 Å². The number of amides is 1. The number of anilines is 1. The van der Waals surface area contributed by atoms with Crippen LogP contribution in [0.2, 0.25) is 0 Å². The quantitative estimate of drug-likeness (QED) is 0.770. The summed E-state index contributed by atoms with van der Waals surface area (Å²) < 4.78 is 1.41. The molecule has 0 saturated heterocycles. The van der Waals surface area contributed by atoms with Crippen molar-refractivity contribution < 1.29 is 4.79 Å². The van der Waals surface area contributed by atoms with E-state index in [4.69, 9.17) is 0 Å². The standard InChI is InChI=1S/C19H22N4O2/c1-10-6-11(2)8-14(7-10)21-16(24)9-15-12(3)17-18(20-13(15)4)22-23(5)19(17)25/h6-8H,9H2,1-5H3,(H,20,22)(H,21,24). The molecule has 0 aliphatic rings. The zero-order valence-corrected chi connectivity index (χ0v) is 15.2. The molecule has 25 heavy (non-hydrogen) atoms. The lowest BCUT2D eigenvalue weighted by Gasteiger charge is -2.11. The molecule has 0 saturated carbocycles. The number of nitrogens with one attached hydrogen (secondary N) is 2.